The number of non-ortho nitro benzene ring substituents is 1. The zero-order chi connectivity index (χ0) is 17.1. The predicted molar refractivity (Wildman–Crippen MR) is 86.7 cm³/mol. The molecule has 0 aliphatic heterocycles. The zero-order valence-corrected chi connectivity index (χ0v) is 13.2. The molecule has 1 saturated carbocycles. The highest BCUT2D eigenvalue weighted by atomic mass is 16.6. The average molecular weight is 333 g/mol. The van der Waals surface area contributed by atoms with Crippen molar-refractivity contribution in [3.63, 3.8) is 0 Å². The van der Waals surface area contributed by atoms with E-state index >= 15 is 0 Å². The molecular weight excluding hydrogens is 314 g/mol. The van der Waals surface area contributed by atoms with Gasteiger partial charge in [0.15, 0.2) is 5.58 Å². The van der Waals surface area contributed by atoms with Gasteiger partial charge < -0.3 is 9.73 Å². The molecule has 24 heavy (non-hydrogen) atoms. The van der Waals surface area contributed by atoms with Gasteiger partial charge in [0.05, 0.1) is 16.5 Å². The molecule has 1 amide bonds. The number of amides is 1. The van der Waals surface area contributed by atoms with Crippen LogP contribution in [0.4, 0.5) is 5.69 Å². The van der Waals surface area contributed by atoms with Crippen molar-refractivity contribution < 1.29 is 14.1 Å². The van der Waals surface area contributed by atoms with Gasteiger partial charge in [0.25, 0.3) is 5.69 Å². The molecule has 8 heteroatoms. The van der Waals surface area contributed by atoms with Gasteiger partial charge in [0.1, 0.15) is 6.54 Å². The first-order chi connectivity index (χ1) is 11.5. The maximum Gasteiger partial charge on any atom is 0.420 e. The number of aromatic nitrogens is 1. The molecule has 1 aliphatic carbocycles. The van der Waals surface area contributed by atoms with Crippen LogP contribution >= 0.6 is 0 Å². The van der Waals surface area contributed by atoms with Crippen LogP contribution < -0.4 is 11.1 Å². The van der Waals surface area contributed by atoms with Crippen molar-refractivity contribution in [2.24, 2.45) is 5.92 Å². The normalized spacial score (nSPS) is 15.5. The second-order valence-corrected chi connectivity index (χ2v) is 6.17. The lowest BCUT2D eigenvalue weighted by Gasteiger charge is -2.21. The molecular formula is C16H19N3O5. The molecule has 128 valence electrons. The maximum atomic E-state index is 12.1. The fourth-order valence-electron chi connectivity index (χ4n) is 3.17. The summed E-state index contributed by atoms with van der Waals surface area (Å²) in [4.78, 5) is 34.2. The number of hydrogen-bond donors (Lipinski definition) is 1. The molecule has 0 unspecified atom stereocenters. The van der Waals surface area contributed by atoms with Crippen molar-refractivity contribution in [1.29, 1.82) is 0 Å². The van der Waals surface area contributed by atoms with Crippen LogP contribution in [0.2, 0.25) is 0 Å². The number of oxazole rings is 1. The SMILES string of the molecule is O=C(Cn1c(=O)oc2cc([N+](=O)[O-])ccc21)NCC1CCCCC1. The van der Waals surface area contributed by atoms with Crippen molar-refractivity contribution in [1.82, 2.24) is 9.88 Å². The summed E-state index contributed by atoms with van der Waals surface area (Å²) in [7, 11) is 0. The van der Waals surface area contributed by atoms with Gasteiger partial charge in [-0.3, -0.25) is 19.5 Å². The van der Waals surface area contributed by atoms with E-state index in [4.69, 9.17) is 4.42 Å². The predicted octanol–water partition coefficient (Wildman–Crippen LogP) is 2.20. The number of hydrogen-bond acceptors (Lipinski definition) is 5. The van der Waals surface area contributed by atoms with E-state index in [1.54, 1.807) is 0 Å². The third-order valence-electron chi connectivity index (χ3n) is 4.48. The number of rotatable bonds is 5. The summed E-state index contributed by atoms with van der Waals surface area (Å²) in [5.41, 5.74) is 0.317. The smallest absolute Gasteiger partial charge is 0.407 e. The minimum atomic E-state index is -0.696. The summed E-state index contributed by atoms with van der Waals surface area (Å²) in [6, 6.07) is 3.90. The van der Waals surface area contributed by atoms with Crippen LogP contribution in [0.15, 0.2) is 27.4 Å². The highest BCUT2D eigenvalue weighted by Gasteiger charge is 2.18. The van der Waals surface area contributed by atoms with Crippen LogP contribution in [0.25, 0.3) is 11.1 Å². The Hall–Kier alpha value is -2.64. The lowest BCUT2D eigenvalue weighted by Crippen LogP contribution is -2.34. The highest BCUT2D eigenvalue weighted by molar-refractivity contribution is 5.80. The number of carbonyl (C=O) groups excluding carboxylic acids is 1. The van der Waals surface area contributed by atoms with E-state index < -0.39 is 10.7 Å². The first-order valence-corrected chi connectivity index (χ1v) is 8.09. The Morgan fingerprint density at radius 3 is 2.79 bits per heavy atom. The van der Waals surface area contributed by atoms with Crippen molar-refractivity contribution in [2.45, 2.75) is 38.6 Å². The van der Waals surface area contributed by atoms with Crippen molar-refractivity contribution in [3.8, 4) is 0 Å². The number of benzene rings is 1. The van der Waals surface area contributed by atoms with Crippen LogP contribution in [0.5, 0.6) is 0 Å². The van der Waals surface area contributed by atoms with Gasteiger partial charge in [-0.15, -0.1) is 0 Å². The van der Waals surface area contributed by atoms with Crippen LogP contribution in [0, 0.1) is 16.0 Å². The van der Waals surface area contributed by atoms with Gasteiger partial charge in [0.2, 0.25) is 5.91 Å². The van der Waals surface area contributed by atoms with E-state index in [1.165, 1.54) is 42.0 Å². The monoisotopic (exact) mass is 333 g/mol. The molecule has 1 aromatic carbocycles. The summed E-state index contributed by atoms with van der Waals surface area (Å²) < 4.78 is 6.20. The fraction of sp³-hybridized carbons (Fsp3) is 0.500. The second-order valence-electron chi connectivity index (χ2n) is 6.17. The Bertz CT molecular complexity index is 817. The highest BCUT2D eigenvalue weighted by Crippen LogP contribution is 2.23. The Balaban J connectivity index is 1.70. The van der Waals surface area contributed by atoms with Gasteiger partial charge in [0, 0.05) is 12.6 Å². The van der Waals surface area contributed by atoms with E-state index in [0.717, 1.165) is 12.8 Å². The molecule has 1 N–H and O–H groups in total. The summed E-state index contributed by atoms with van der Waals surface area (Å²) in [6.45, 7) is 0.463. The third-order valence-corrected chi connectivity index (χ3v) is 4.48. The molecule has 1 heterocycles. The number of nitro benzene ring substituents is 1. The number of fused-ring (bicyclic) bond motifs is 1. The van der Waals surface area contributed by atoms with Crippen molar-refractivity contribution in [3.05, 3.63) is 38.9 Å². The molecule has 0 radical (unpaired) electrons. The van der Waals surface area contributed by atoms with E-state index in [2.05, 4.69) is 5.32 Å². The topological polar surface area (TPSA) is 107 Å². The zero-order valence-electron chi connectivity index (χ0n) is 13.2. The minimum absolute atomic E-state index is 0.106. The third kappa shape index (κ3) is 3.47. The number of carbonyl (C=O) groups is 1. The molecule has 2 aromatic rings. The minimum Gasteiger partial charge on any atom is -0.407 e. The van der Waals surface area contributed by atoms with Crippen LogP contribution in [0.1, 0.15) is 32.1 Å². The van der Waals surface area contributed by atoms with Crippen molar-refractivity contribution in [2.75, 3.05) is 6.54 Å². The average Bonchev–Trinajstić information content (AvgIpc) is 2.89. The fourth-order valence-corrected chi connectivity index (χ4v) is 3.17. The van der Waals surface area contributed by atoms with Crippen LogP contribution in [0.3, 0.4) is 0 Å². The molecule has 0 bridgehead atoms. The Morgan fingerprint density at radius 2 is 2.08 bits per heavy atom. The summed E-state index contributed by atoms with van der Waals surface area (Å²) in [5.74, 6) is -0.454. The standard InChI is InChI=1S/C16H19N3O5/c20-15(17-9-11-4-2-1-3-5-11)10-18-13-7-6-12(19(22)23)8-14(13)24-16(18)21/h6-8,11H,1-5,9-10H2,(H,17,20). The van der Waals surface area contributed by atoms with E-state index in [-0.39, 0.29) is 23.7 Å². The van der Waals surface area contributed by atoms with Gasteiger partial charge in [-0.25, -0.2) is 4.79 Å². The van der Waals surface area contributed by atoms with Crippen LogP contribution in [-0.4, -0.2) is 21.9 Å². The van der Waals surface area contributed by atoms with Crippen LogP contribution in [-0.2, 0) is 11.3 Å². The lowest BCUT2D eigenvalue weighted by atomic mass is 9.89. The molecule has 8 nitrogen and oxygen atoms in total. The summed E-state index contributed by atoms with van der Waals surface area (Å²) in [6.07, 6.45) is 5.90. The Morgan fingerprint density at radius 1 is 1.33 bits per heavy atom. The van der Waals surface area contributed by atoms with E-state index in [0.29, 0.717) is 18.0 Å². The van der Waals surface area contributed by atoms with Gasteiger partial charge >= 0.3 is 5.76 Å². The molecule has 0 atom stereocenters. The molecule has 1 fully saturated rings. The first kappa shape index (κ1) is 16.2. The van der Waals surface area contributed by atoms with Gasteiger partial charge in [-0.1, -0.05) is 19.3 Å². The second kappa shape index (κ2) is 6.86. The number of nitrogens with zero attached hydrogens (tertiary/aromatic N) is 2. The Kier molecular flexibility index (Phi) is 4.64. The lowest BCUT2D eigenvalue weighted by molar-refractivity contribution is -0.384. The first-order valence-electron chi connectivity index (χ1n) is 8.09. The maximum absolute atomic E-state index is 12.1. The molecule has 3 rings (SSSR count). The summed E-state index contributed by atoms with van der Waals surface area (Å²) in [5, 5.41) is 13.6. The molecule has 1 aliphatic rings. The van der Waals surface area contributed by atoms with Gasteiger partial charge in [-0.2, -0.15) is 0 Å². The van der Waals surface area contributed by atoms with E-state index in [9.17, 15) is 19.7 Å². The largest absolute Gasteiger partial charge is 0.420 e. The molecule has 1 aromatic heterocycles. The van der Waals surface area contributed by atoms with Gasteiger partial charge in [-0.05, 0) is 24.8 Å². The number of nitro groups is 1. The quantitative estimate of drug-likeness (QED) is 0.666. The van der Waals surface area contributed by atoms with Crippen molar-refractivity contribution >= 4 is 22.7 Å². The molecule has 0 spiro atoms. The number of nitrogens with one attached hydrogen (secondary N) is 1. The molecule has 0 saturated heterocycles. The van der Waals surface area contributed by atoms with E-state index in [1.807, 2.05) is 0 Å². The summed E-state index contributed by atoms with van der Waals surface area (Å²) >= 11 is 0. The Labute approximate surface area is 137 Å².